The van der Waals surface area contributed by atoms with E-state index >= 15 is 0 Å². The molecule has 2 amide bonds. The van der Waals surface area contributed by atoms with E-state index in [2.05, 4.69) is 23.8 Å². The van der Waals surface area contributed by atoms with Gasteiger partial charge in [-0.15, -0.1) is 13.2 Å². The van der Waals surface area contributed by atoms with Gasteiger partial charge in [-0.25, -0.2) is 0 Å². The van der Waals surface area contributed by atoms with E-state index in [-0.39, 0.29) is 63.0 Å². The van der Waals surface area contributed by atoms with Crippen LogP contribution in [0.15, 0.2) is 86.0 Å². The molecule has 0 bridgehead atoms. The number of aliphatic hydroxyl groups is 1. The molecule has 0 fully saturated rings. The van der Waals surface area contributed by atoms with Crippen LogP contribution in [0.3, 0.4) is 0 Å². The molecule has 8 nitrogen and oxygen atoms in total. The van der Waals surface area contributed by atoms with Gasteiger partial charge in [-0.05, 0) is 43.2 Å². The summed E-state index contributed by atoms with van der Waals surface area (Å²) in [4.78, 5) is 39.0. The number of unbranched alkanes of at least 4 members (excludes halogenated alkanes) is 1. The molecule has 0 spiro atoms. The molecule has 0 aromatic heterocycles. The van der Waals surface area contributed by atoms with Crippen molar-refractivity contribution in [3.05, 3.63) is 97.1 Å². The molecule has 0 heterocycles. The van der Waals surface area contributed by atoms with Crippen molar-refractivity contribution in [3.63, 3.8) is 0 Å². The largest absolute Gasteiger partial charge is 0.455 e. The summed E-state index contributed by atoms with van der Waals surface area (Å²) in [5, 5.41) is 14.4. The zero-order chi connectivity index (χ0) is 29.7. The Bertz CT molecular complexity index is 1060. The second-order valence-electron chi connectivity index (χ2n) is 9.80. The first-order valence-electron chi connectivity index (χ1n) is 14.2. The predicted molar refractivity (Wildman–Crippen MR) is 160 cm³/mol. The number of aliphatic hydroxyl groups excluding tert-OH is 1. The van der Waals surface area contributed by atoms with Gasteiger partial charge in [0, 0.05) is 13.0 Å². The third-order valence-electron chi connectivity index (χ3n) is 6.57. The van der Waals surface area contributed by atoms with Gasteiger partial charge in [-0.1, -0.05) is 72.8 Å². The van der Waals surface area contributed by atoms with E-state index < -0.39 is 12.0 Å². The Hall–Kier alpha value is -3.75. The molecule has 2 aromatic rings. The first-order valence-corrected chi connectivity index (χ1v) is 14.2. The van der Waals surface area contributed by atoms with Gasteiger partial charge >= 0.3 is 5.97 Å². The van der Waals surface area contributed by atoms with Crippen LogP contribution >= 0.6 is 0 Å². The van der Waals surface area contributed by atoms with Crippen LogP contribution in [-0.4, -0.2) is 55.8 Å². The molecule has 0 saturated carbocycles. The standard InChI is InChI=1S/C33H44N2O6/c1-3-5-8-18-29(23-26-14-9-6-10-15-26)33(39)41-30(27-16-11-7-12-17-27)25-35-32(38)28(13-4-2)24-31(37)34-19-21-40-22-20-36/h3-4,6-7,9-12,14-17,28-30,36H,1-2,5,8,13,18-25H2,(H,34,37)(H,35,38)/t28-,29-,30+/m1/s1. The van der Waals surface area contributed by atoms with Gasteiger partial charge in [0.15, 0.2) is 0 Å². The molecule has 3 atom stereocenters. The van der Waals surface area contributed by atoms with Crippen LogP contribution in [0, 0.1) is 11.8 Å². The van der Waals surface area contributed by atoms with E-state index in [1.54, 1.807) is 6.08 Å². The van der Waals surface area contributed by atoms with Crippen molar-refractivity contribution in [2.75, 3.05) is 32.9 Å². The van der Waals surface area contributed by atoms with E-state index in [0.29, 0.717) is 19.3 Å². The number of ether oxygens (including phenoxy) is 2. The molecule has 0 aliphatic carbocycles. The molecular weight excluding hydrogens is 520 g/mol. The molecule has 222 valence electrons. The first kappa shape index (κ1) is 33.5. The Morgan fingerprint density at radius 3 is 2.27 bits per heavy atom. The molecule has 3 N–H and O–H groups in total. The number of allylic oxidation sites excluding steroid dienone is 2. The molecule has 41 heavy (non-hydrogen) atoms. The lowest BCUT2D eigenvalue weighted by molar-refractivity contribution is -0.155. The third-order valence-corrected chi connectivity index (χ3v) is 6.57. The fourth-order valence-electron chi connectivity index (χ4n) is 4.39. The molecular formula is C33H44N2O6. The Labute approximate surface area is 243 Å². The molecule has 0 radical (unpaired) electrons. The molecule has 2 rings (SSSR count). The molecule has 0 saturated heterocycles. The molecule has 2 aromatic carbocycles. The third kappa shape index (κ3) is 13.4. The maximum atomic E-state index is 13.5. The van der Waals surface area contributed by atoms with Crippen molar-refractivity contribution >= 4 is 17.8 Å². The summed E-state index contributed by atoms with van der Waals surface area (Å²) in [5.41, 5.74) is 1.83. The zero-order valence-corrected chi connectivity index (χ0v) is 23.8. The lowest BCUT2D eigenvalue weighted by Gasteiger charge is -2.24. The van der Waals surface area contributed by atoms with E-state index in [0.717, 1.165) is 24.0 Å². The summed E-state index contributed by atoms with van der Waals surface area (Å²) in [6, 6.07) is 19.2. The predicted octanol–water partition coefficient (Wildman–Crippen LogP) is 4.31. The number of carbonyl (C=O) groups excluding carboxylic acids is 3. The maximum Gasteiger partial charge on any atom is 0.309 e. The number of hydrogen-bond donors (Lipinski definition) is 3. The molecule has 8 heteroatoms. The van der Waals surface area contributed by atoms with Gasteiger partial charge in [0.1, 0.15) is 6.10 Å². The van der Waals surface area contributed by atoms with Gasteiger partial charge in [0.05, 0.1) is 38.2 Å². The Morgan fingerprint density at radius 1 is 0.902 bits per heavy atom. The van der Waals surface area contributed by atoms with E-state index in [1.165, 1.54) is 0 Å². The molecule has 0 aliphatic rings. The average molecular weight is 565 g/mol. The summed E-state index contributed by atoms with van der Waals surface area (Å²) in [5.74, 6) is -1.87. The second kappa shape index (κ2) is 20.2. The van der Waals surface area contributed by atoms with Crippen molar-refractivity contribution in [1.29, 1.82) is 0 Å². The first-order chi connectivity index (χ1) is 20.0. The van der Waals surface area contributed by atoms with Crippen molar-refractivity contribution < 1.29 is 29.0 Å². The monoisotopic (exact) mass is 564 g/mol. The SMILES string of the molecule is C=CCCC[C@H](Cc1ccccc1)C(=O)O[C@@H](CNC(=O)[C@H](CC=C)CC(=O)NCCOCCO)c1ccccc1. The van der Waals surface area contributed by atoms with Crippen molar-refractivity contribution in [3.8, 4) is 0 Å². The van der Waals surface area contributed by atoms with Crippen LogP contribution in [-0.2, 0) is 30.3 Å². The number of rotatable bonds is 21. The minimum atomic E-state index is -0.688. The van der Waals surface area contributed by atoms with Crippen molar-refractivity contribution in [2.45, 2.75) is 44.6 Å². The number of amides is 2. The fourth-order valence-corrected chi connectivity index (χ4v) is 4.39. The summed E-state index contributed by atoms with van der Waals surface area (Å²) < 4.78 is 11.2. The lowest BCUT2D eigenvalue weighted by Crippen LogP contribution is -2.38. The van der Waals surface area contributed by atoms with Crippen molar-refractivity contribution in [2.24, 2.45) is 11.8 Å². The Balaban J connectivity index is 2.06. The Kier molecular flexibility index (Phi) is 16.5. The van der Waals surface area contributed by atoms with E-state index in [1.807, 2.05) is 66.7 Å². The zero-order valence-electron chi connectivity index (χ0n) is 23.8. The number of benzene rings is 2. The van der Waals surface area contributed by atoms with Crippen molar-refractivity contribution in [1.82, 2.24) is 10.6 Å². The van der Waals surface area contributed by atoms with Crippen LogP contribution in [0.1, 0.15) is 49.3 Å². The quantitative estimate of drug-likeness (QED) is 0.118. The highest BCUT2D eigenvalue weighted by Gasteiger charge is 2.27. The fraction of sp³-hybridized carbons (Fsp3) is 0.424. The van der Waals surface area contributed by atoms with Crippen LogP contribution in [0.25, 0.3) is 0 Å². The topological polar surface area (TPSA) is 114 Å². The van der Waals surface area contributed by atoms with Crippen LogP contribution in [0.4, 0.5) is 0 Å². The average Bonchev–Trinajstić information content (AvgIpc) is 2.99. The normalized spacial score (nSPS) is 12.9. The highest BCUT2D eigenvalue weighted by atomic mass is 16.5. The Morgan fingerprint density at radius 2 is 1.61 bits per heavy atom. The van der Waals surface area contributed by atoms with Gasteiger partial charge in [0.2, 0.25) is 11.8 Å². The number of esters is 1. The number of hydrogen-bond acceptors (Lipinski definition) is 6. The van der Waals surface area contributed by atoms with Crippen LogP contribution in [0.5, 0.6) is 0 Å². The van der Waals surface area contributed by atoms with Crippen LogP contribution < -0.4 is 10.6 Å². The van der Waals surface area contributed by atoms with Gasteiger partial charge in [-0.2, -0.15) is 0 Å². The molecule has 0 aliphatic heterocycles. The highest BCUT2D eigenvalue weighted by molar-refractivity contribution is 5.86. The highest BCUT2D eigenvalue weighted by Crippen LogP contribution is 2.23. The van der Waals surface area contributed by atoms with E-state index in [9.17, 15) is 14.4 Å². The summed E-state index contributed by atoms with van der Waals surface area (Å²) >= 11 is 0. The van der Waals surface area contributed by atoms with E-state index in [4.69, 9.17) is 14.6 Å². The summed E-state index contributed by atoms with van der Waals surface area (Å²) in [6.45, 7) is 8.25. The van der Waals surface area contributed by atoms with Gasteiger partial charge < -0.3 is 25.2 Å². The lowest BCUT2D eigenvalue weighted by atomic mass is 9.94. The van der Waals surface area contributed by atoms with Crippen LogP contribution in [0.2, 0.25) is 0 Å². The summed E-state index contributed by atoms with van der Waals surface area (Å²) in [7, 11) is 0. The molecule has 0 unspecified atom stereocenters. The minimum Gasteiger partial charge on any atom is -0.455 e. The minimum absolute atomic E-state index is 0.0178. The van der Waals surface area contributed by atoms with Gasteiger partial charge in [0.25, 0.3) is 0 Å². The number of nitrogens with one attached hydrogen (secondary N) is 2. The maximum absolute atomic E-state index is 13.5. The smallest absolute Gasteiger partial charge is 0.309 e. The van der Waals surface area contributed by atoms with Gasteiger partial charge in [-0.3, -0.25) is 14.4 Å². The summed E-state index contributed by atoms with van der Waals surface area (Å²) in [6.07, 6.45) is 5.92. The second-order valence-corrected chi connectivity index (χ2v) is 9.80. The number of carbonyl (C=O) groups is 3.